The number of hydrogen-bond acceptors (Lipinski definition) is 3. The van der Waals surface area contributed by atoms with Crippen molar-refractivity contribution in [2.45, 2.75) is 25.3 Å². The Balaban J connectivity index is 2.10. The van der Waals surface area contributed by atoms with Crippen LogP contribution in [0, 0.1) is 0 Å². The molecule has 1 atom stereocenters. The van der Waals surface area contributed by atoms with Crippen LogP contribution in [0.3, 0.4) is 0 Å². The minimum absolute atomic E-state index is 0.134. The van der Waals surface area contributed by atoms with Crippen molar-refractivity contribution < 1.29 is 4.79 Å². The Kier molecular flexibility index (Phi) is 4.35. The Bertz CT molecular complexity index is 194. The van der Waals surface area contributed by atoms with Crippen molar-refractivity contribution in [3.63, 3.8) is 0 Å². The third kappa shape index (κ3) is 3.27. The fourth-order valence-corrected chi connectivity index (χ4v) is 1.72. The maximum Gasteiger partial charge on any atom is 0.239 e. The highest BCUT2D eigenvalue weighted by Gasteiger charge is 2.27. The van der Waals surface area contributed by atoms with Crippen molar-refractivity contribution in [1.29, 1.82) is 0 Å². The number of unbranched alkanes of at least 4 members (excludes halogenated alkanes) is 1. The second kappa shape index (κ2) is 5.32. The van der Waals surface area contributed by atoms with Crippen molar-refractivity contribution in [3.8, 4) is 0 Å². The van der Waals surface area contributed by atoms with Crippen molar-refractivity contribution in [3.05, 3.63) is 0 Å². The SMILES string of the molecule is CN(C)CCCCN1CCC(N)C1=O. The lowest BCUT2D eigenvalue weighted by atomic mass is 10.3. The fraction of sp³-hybridized carbons (Fsp3) is 0.900. The van der Waals surface area contributed by atoms with Crippen LogP contribution < -0.4 is 5.73 Å². The molecule has 0 saturated carbocycles. The summed E-state index contributed by atoms with van der Waals surface area (Å²) in [5, 5.41) is 0. The molecule has 0 radical (unpaired) electrons. The van der Waals surface area contributed by atoms with Gasteiger partial charge in [-0.2, -0.15) is 0 Å². The van der Waals surface area contributed by atoms with Crippen LogP contribution in [0.25, 0.3) is 0 Å². The molecular weight excluding hydrogens is 178 g/mol. The number of rotatable bonds is 5. The molecule has 1 aliphatic rings. The Morgan fingerprint density at radius 1 is 1.50 bits per heavy atom. The summed E-state index contributed by atoms with van der Waals surface area (Å²) in [6, 6.07) is -0.233. The summed E-state index contributed by atoms with van der Waals surface area (Å²) in [7, 11) is 4.13. The topological polar surface area (TPSA) is 49.6 Å². The van der Waals surface area contributed by atoms with Gasteiger partial charge in [-0.25, -0.2) is 0 Å². The van der Waals surface area contributed by atoms with E-state index in [4.69, 9.17) is 5.73 Å². The molecule has 4 nitrogen and oxygen atoms in total. The fourth-order valence-electron chi connectivity index (χ4n) is 1.72. The molecule has 0 aromatic heterocycles. The summed E-state index contributed by atoms with van der Waals surface area (Å²) in [6.07, 6.45) is 3.05. The molecule has 0 aliphatic carbocycles. The predicted octanol–water partition coefficient (Wildman–Crippen LogP) is -0.112. The second-order valence-electron chi connectivity index (χ2n) is 4.23. The quantitative estimate of drug-likeness (QED) is 0.628. The molecule has 0 bridgehead atoms. The third-order valence-electron chi connectivity index (χ3n) is 2.62. The zero-order valence-electron chi connectivity index (χ0n) is 9.20. The lowest BCUT2D eigenvalue weighted by Crippen LogP contribution is -2.34. The number of nitrogens with zero attached hydrogens (tertiary/aromatic N) is 2. The number of amides is 1. The molecule has 2 N–H and O–H groups in total. The standard InChI is InChI=1S/C10H21N3O/c1-12(2)6-3-4-7-13-8-5-9(11)10(13)14/h9H,3-8,11H2,1-2H3. The van der Waals surface area contributed by atoms with Gasteiger partial charge in [-0.15, -0.1) is 0 Å². The van der Waals surface area contributed by atoms with Crippen LogP contribution >= 0.6 is 0 Å². The van der Waals surface area contributed by atoms with E-state index in [0.29, 0.717) is 0 Å². The van der Waals surface area contributed by atoms with E-state index in [-0.39, 0.29) is 11.9 Å². The van der Waals surface area contributed by atoms with Crippen LogP contribution in [0.15, 0.2) is 0 Å². The molecule has 1 amide bonds. The van der Waals surface area contributed by atoms with E-state index in [1.807, 2.05) is 4.90 Å². The molecule has 14 heavy (non-hydrogen) atoms. The maximum absolute atomic E-state index is 11.4. The molecule has 1 aliphatic heterocycles. The van der Waals surface area contributed by atoms with Gasteiger partial charge in [0.15, 0.2) is 0 Å². The van der Waals surface area contributed by atoms with Crippen LogP contribution in [0.4, 0.5) is 0 Å². The molecule has 1 saturated heterocycles. The lowest BCUT2D eigenvalue weighted by molar-refractivity contribution is -0.128. The van der Waals surface area contributed by atoms with Crippen molar-refractivity contribution >= 4 is 5.91 Å². The molecule has 1 heterocycles. The minimum Gasteiger partial charge on any atom is -0.341 e. The largest absolute Gasteiger partial charge is 0.341 e. The lowest BCUT2D eigenvalue weighted by Gasteiger charge is -2.16. The highest BCUT2D eigenvalue weighted by atomic mass is 16.2. The first-order valence-electron chi connectivity index (χ1n) is 5.30. The predicted molar refractivity (Wildman–Crippen MR) is 57.0 cm³/mol. The van der Waals surface area contributed by atoms with Crippen LogP contribution in [-0.2, 0) is 4.79 Å². The van der Waals surface area contributed by atoms with E-state index in [9.17, 15) is 4.79 Å². The zero-order chi connectivity index (χ0) is 10.6. The van der Waals surface area contributed by atoms with Gasteiger partial charge < -0.3 is 15.5 Å². The van der Waals surface area contributed by atoms with Crippen molar-refractivity contribution in [2.24, 2.45) is 5.73 Å². The Morgan fingerprint density at radius 2 is 2.21 bits per heavy atom. The van der Waals surface area contributed by atoms with Gasteiger partial charge in [0, 0.05) is 13.1 Å². The summed E-state index contributed by atoms with van der Waals surface area (Å²) < 4.78 is 0. The number of carbonyl (C=O) groups is 1. The van der Waals surface area contributed by atoms with Crippen molar-refractivity contribution in [1.82, 2.24) is 9.80 Å². The molecule has 0 aromatic rings. The molecule has 1 unspecified atom stereocenters. The van der Waals surface area contributed by atoms with E-state index in [1.165, 1.54) is 0 Å². The van der Waals surface area contributed by atoms with Gasteiger partial charge in [0.2, 0.25) is 5.91 Å². The van der Waals surface area contributed by atoms with Crippen molar-refractivity contribution in [2.75, 3.05) is 33.7 Å². The molecule has 1 rings (SSSR count). The van der Waals surface area contributed by atoms with Crippen LogP contribution in [-0.4, -0.2) is 55.5 Å². The van der Waals surface area contributed by atoms with Gasteiger partial charge in [-0.1, -0.05) is 0 Å². The average Bonchev–Trinajstić information content (AvgIpc) is 2.43. The summed E-state index contributed by atoms with van der Waals surface area (Å²) in [5.74, 6) is 0.134. The van der Waals surface area contributed by atoms with Crippen LogP contribution in [0.5, 0.6) is 0 Å². The third-order valence-corrected chi connectivity index (χ3v) is 2.62. The first-order chi connectivity index (χ1) is 6.61. The Hall–Kier alpha value is -0.610. The maximum atomic E-state index is 11.4. The Morgan fingerprint density at radius 3 is 2.71 bits per heavy atom. The summed E-state index contributed by atoms with van der Waals surface area (Å²) >= 11 is 0. The molecular formula is C10H21N3O. The van der Waals surface area contributed by atoms with Crippen LogP contribution in [0.2, 0.25) is 0 Å². The molecule has 1 fully saturated rings. The van der Waals surface area contributed by atoms with E-state index < -0.39 is 0 Å². The number of carbonyl (C=O) groups excluding carboxylic acids is 1. The normalized spacial score (nSPS) is 22.4. The first kappa shape index (κ1) is 11.5. The Labute approximate surface area is 86.0 Å². The van der Waals surface area contributed by atoms with Gasteiger partial charge >= 0.3 is 0 Å². The smallest absolute Gasteiger partial charge is 0.239 e. The highest BCUT2D eigenvalue weighted by molar-refractivity contribution is 5.83. The van der Waals surface area contributed by atoms with Gasteiger partial charge in [0.05, 0.1) is 6.04 Å². The number of likely N-dealkylation sites (tertiary alicyclic amines) is 1. The van der Waals surface area contributed by atoms with Crippen LogP contribution in [0.1, 0.15) is 19.3 Å². The molecule has 0 spiro atoms. The summed E-state index contributed by atoms with van der Waals surface area (Å²) in [4.78, 5) is 15.5. The van der Waals surface area contributed by atoms with Gasteiger partial charge in [-0.05, 0) is 39.9 Å². The highest BCUT2D eigenvalue weighted by Crippen LogP contribution is 2.09. The molecule has 0 aromatic carbocycles. The van der Waals surface area contributed by atoms with Gasteiger partial charge in [-0.3, -0.25) is 4.79 Å². The number of nitrogens with two attached hydrogens (primary N) is 1. The zero-order valence-corrected chi connectivity index (χ0v) is 9.20. The molecule has 4 heteroatoms. The van der Waals surface area contributed by atoms with E-state index in [0.717, 1.165) is 38.9 Å². The van der Waals surface area contributed by atoms with Gasteiger partial charge in [0.1, 0.15) is 0 Å². The van der Waals surface area contributed by atoms with E-state index in [1.54, 1.807) is 0 Å². The molecule has 82 valence electrons. The minimum atomic E-state index is -0.233. The first-order valence-corrected chi connectivity index (χ1v) is 5.30. The summed E-state index contributed by atoms with van der Waals surface area (Å²) in [6.45, 7) is 2.82. The second-order valence-corrected chi connectivity index (χ2v) is 4.23. The van der Waals surface area contributed by atoms with Gasteiger partial charge in [0.25, 0.3) is 0 Å². The van der Waals surface area contributed by atoms with E-state index >= 15 is 0 Å². The number of hydrogen-bond donors (Lipinski definition) is 1. The van der Waals surface area contributed by atoms with E-state index in [2.05, 4.69) is 19.0 Å². The average molecular weight is 199 g/mol. The summed E-state index contributed by atoms with van der Waals surface area (Å²) in [5.41, 5.74) is 5.62. The monoisotopic (exact) mass is 199 g/mol.